The summed E-state index contributed by atoms with van der Waals surface area (Å²) < 4.78 is 5.46. The minimum Gasteiger partial charge on any atom is -0.394 e. The van der Waals surface area contributed by atoms with Gasteiger partial charge >= 0.3 is 0 Å². The molecule has 4 nitrogen and oxygen atoms in total. The number of carbonyl (C=O) groups is 1. The van der Waals surface area contributed by atoms with Crippen LogP contribution in [0.4, 0.5) is 0 Å². The van der Waals surface area contributed by atoms with Crippen LogP contribution in [0.2, 0.25) is 0 Å². The maximum absolute atomic E-state index is 11.8. The molecular weight excluding hydrogens is 241 g/mol. The van der Waals surface area contributed by atoms with Gasteiger partial charge in [-0.1, -0.05) is 23.2 Å². The van der Waals surface area contributed by atoms with Crippen LogP contribution < -0.4 is 0 Å². The summed E-state index contributed by atoms with van der Waals surface area (Å²) >= 11 is 11.1. The predicted octanol–water partition coefficient (Wildman–Crippen LogP) is 1.14. The Morgan fingerprint density at radius 1 is 1.53 bits per heavy atom. The monoisotopic (exact) mass is 255 g/mol. The summed E-state index contributed by atoms with van der Waals surface area (Å²) in [6, 6.07) is 0. The number of ether oxygens (including phenoxy) is 1. The molecule has 0 saturated carbocycles. The van der Waals surface area contributed by atoms with Crippen molar-refractivity contribution in [3.63, 3.8) is 0 Å². The Kier molecular flexibility index (Phi) is 3.55. The van der Waals surface area contributed by atoms with Gasteiger partial charge in [-0.2, -0.15) is 0 Å². The quantitative estimate of drug-likeness (QED) is 0.753. The molecule has 1 saturated heterocycles. The van der Waals surface area contributed by atoms with E-state index >= 15 is 0 Å². The molecule has 1 fully saturated rings. The number of hydrogen-bond donors (Lipinski definition) is 1. The zero-order valence-electron chi connectivity index (χ0n) is 8.96. The molecule has 0 radical (unpaired) electrons. The Bertz CT molecular complexity index is 270. The van der Waals surface area contributed by atoms with Gasteiger partial charge in [0.2, 0.25) is 0 Å². The Morgan fingerprint density at radius 3 is 2.47 bits per heavy atom. The Hall–Kier alpha value is -0.0300. The van der Waals surface area contributed by atoms with E-state index in [1.807, 2.05) is 0 Å². The Morgan fingerprint density at radius 2 is 2.07 bits per heavy atom. The summed E-state index contributed by atoms with van der Waals surface area (Å²) in [5, 5.41) is 9.30. The number of aliphatic hydroxyl groups is 1. The highest BCUT2D eigenvalue weighted by Crippen LogP contribution is 2.36. The van der Waals surface area contributed by atoms with Crippen LogP contribution in [0.15, 0.2) is 0 Å². The number of carbonyl (C=O) groups excluding carboxylic acids is 1. The number of amides is 1. The van der Waals surface area contributed by atoms with Crippen LogP contribution in [-0.4, -0.2) is 45.2 Å². The lowest BCUT2D eigenvalue weighted by Crippen LogP contribution is -2.57. The van der Waals surface area contributed by atoms with Crippen LogP contribution in [0.3, 0.4) is 0 Å². The van der Waals surface area contributed by atoms with Crippen LogP contribution in [0.1, 0.15) is 20.8 Å². The highest BCUT2D eigenvalue weighted by molar-refractivity contribution is 6.53. The number of nitrogens with zero attached hydrogens (tertiary/aromatic N) is 1. The first-order valence-electron chi connectivity index (χ1n) is 4.62. The van der Waals surface area contributed by atoms with Crippen LogP contribution in [0.5, 0.6) is 0 Å². The summed E-state index contributed by atoms with van der Waals surface area (Å²) in [5.41, 5.74) is -1.56. The van der Waals surface area contributed by atoms with Crippen molar-refractivity contribution in [2.45, 2.75) is 36.9 Å². The van der Waals surface area contributed by atoms with Gasteiger partial charge in [-0.15, -0.1) is 0 Å². The fourth-order valence-electron chi connectivity index (χ4n) is 1.86. The van der Waals surface area contributed by atoms with E-state index in [1.54, 1.807) is 20.8 Å². The molecule has 88 valence electrons. The standard InChI is InChI=1S/C9H15Cl2NO3/c1-8(2)12(7(14)6(10)11)9(3,4-13)5-15-8/h6,13H,4-5H2,1-3H3. The highest BCUT2D eigenvalue weighted by atomic mass is 35.5. The molecule has 1 rings (SSSR count). The first-order chi connectivity index (χ1) is 6.74. The number of halogens is 2. The third-order valence-electron chi connectivity index (χ3n) is 2.56. The lowest BCUT2D eigenvalue weighted by molar-refractivity contribution is -0.148. The Balaban J connectivity index is 3.03. The third kappa shape index (κ3) is 2.23. The van der Waals surface area contributed by atoms with Crippen molar-refractivity contribution in [3.8, 4) is 0 Å². The third-order valence-corrected chi connectivity index (χ3v) is 2.94. The number of hydrogen-bond acceptors (Lipinski definition) is 3. The zero-order chi connectivity index (χ0) is 11.9. The van der Waals surface area contributed by atoms with Gasteiger partial charge in [-0.3, -0.25) is 4.79 Å². The molecule has 0 aromatic rings. The van der Waals surface area contributed by atoms with Gasteiger partial charge in [-0.25, -0.2) is 0 Å². The normalized spacial score (nSPS) is 29.9. The fraction of sp³-hybridized carbons (Fsp3) is 0.889. The Labute approximate surface area is 99.1 Å². The van der Waals surface area contributed by atoms with E-state index < -0.39 is 22.0 Å². The molecular formula is C9H15Cl2NO3. The molecule has 0 aromatic carbocycles. The molecule has 6 heteroatoms. The summed E-state index contributed by atoms with van der Waals surface area (Å²) in [7, 11) is 0. The molecule has 1 N–H and O–H groups in total. The second-order valence-electron chi connectivity index (χ2n) is 4.36. The molecule has 0 bridgehead atoms. The number of alkyl halides is 2. The molecule has 1 heterocycles. The highest BCUT2D eigenvalue weighted by Gasteiger charge is 2.52. The van der Waals surface area contributed by atoms with E-state index in [2.05, 4.69) is 0 Å². The lowest BCUT2D eigenvalue weighted by atomic mass is 10.0. The number of rotatable bonds is 2. The number of aliphatic hydroxyl groups excluding tert-OH is 1. The summed E-state index contributed by atoms with van der Waals surface area (Å²) in [4.78, 5) is 12.1. The second kappa shape index (κ2) is 4.09. The van der Waals surface area contributed by atoms with Crippen LogP contribution in [0.25, 0.3) is 0 Å². The van der Waals surface area contributed by atoms with Gasteiger partial charge in [0.1, 0.15) is 5.72 Å². The smallest absolute Gasteiger partial charge is 0.258 e. The average Bonchev–Trinajstić information content (AvgIpc) is 2.37. The van der Waals surface area contributed by atoms with Gasteiger partial charge < -0.3 is 14.7 Å². The van der Waals surface area contributed by atoms with Gasteiger partial charge in [0.15, 0.2) is 4.84 Å². The van der Waals surface area contributed by atoms with Crippen LogP contribution in [-0.2, 0) is 9.53 Å². The molecule has 0 spiro atoms. The van der Waals surface area contributed by atoms with Gasteiger partial charge in [0, 0.05) is 0 Å². The largest absolute Gasteiger partial charge is 0.394 e. The van der Waals surface area contributed by atoms with E-state index in [4.69, 9.17) is 27.9 Å². The van der Waals surface area contributed by atoms with Crippen molar-refractivity contribution in [2.75, 3.05) is 13.2 Å². The first kappa shape index (κ1) is 13.0. The van der Waals surface area contributed by atoms with Crippen molar-refractivity contribution in [3.05, 3.63) is 0 Å². The molecule has 1 atom stereocenters. The predicted molar refractivity (Wildman–Crippen MR) is 57.9 cm³/mol. The van der Waals surface area contributed by atoms with Crippen LogP contribution >= 0.6 is 23.2 Å². The topological polar surface area (TPSA) is 49.8 Å². The van der Waals surface area contributed by atoms with Crippen molar-refractivity contribution in [1.29, 1.82) is 0 Å². The molecule has 15 heavy (non-hydrogen) atoms. The van der Waals surface area contributed by atoms with Gasteiger partial charge in [0.05, 0.1) is 18.8 Å². The van der Waals surface area contributed by atoms with Crippen molar-refractivity contribution in [2.24, 2.45) is 0 Å². The van der Waals surface area contributed by atoms with E-state index in [9.17, 15) is 9.90 Å². The van der Waals surface area contributed by atoms with Gasteiger partial charge in [-0.05, 0) is 20.8 Å². The fourth-order valence-corrected chi connectivity index (χ4v) is 2.05. The minimum atomic E-state index is -1.14. The van der Waals surface area contributed by atoms with E-state index in [-0.39, 0.29) is 13.2 Å². The minimum absolute atomic E-state index is 0.192. The molecule has 1 amide bonds. The zero-order valence-corrected chi connectivity index (χ0v) is 10.5. The van der Waals surface area contributed by atoms with Gasteiger partial charge in [0.25, 0.3) is 5.91 Å². The average molecular weight is 256 g/mol. The first-order valence-corrected chi connectivity index (χ1v) is 5.49. The molecule has 0 aromatic heterocycles. The van der Waals surface area contributed by atoms with Crippen molar-refractivity contribution < 1.29 is 14.6 Å². The molecule has 1 aliphatic rings. The SMILES string of the molecule is CC1(CO)COC(C)(C)N1C(=O)C(Cl)Cl. The van der Waals surface area contributed by atoms with E-state index in [1.165, 1.54) is 4.90 Å². The molecule has 1 aliphatic heterocycles. The van der Waals surface area contributed by atoms with E-state index in [0.717, 1.165) is 0 Å². The van der Waals surface area contributed by atoms with E-state index in [0.29, 0.717) is 0 Å². The molecule has 1 unspecified atom stereocenters. The van der Waals surface area contributed by atoms with Crippen LogP contribution in [0, 0.1) is 0 Å². The second-order valence-corrected chi connectivity index (χ2v) is 5.46. The van der Waals surface area contributed by atoms with Crippen molar-refractivity contribution >= 4 is 29.1 Å². The summed E-state index contributed by atoms with van der Waals surface area (Å²) in [5.74, 6) is -0.447. The summed E-state index contributed by atoms with van der Waals surface area (Å²) in [6.45, 7) is 5.28. The maximum atomic E-state index is 11.8. The maximum Gasteiger partial charge on any atom is 0.258 e. The molecule has 0 aliphatic carbocycles. The summed E-state index contributed by atoms with van der Waals surface area (Å²) in [6.07, 6.45) is 0. The van der Waals surface area contributed by atoms with Crippen molar-refractivity contribution in [1.82, 2.24) is 4.90 Å². The lowest BCUT2D eigenvalue weighted by Gasteiger charge is -2.39.